The minimum Gasteiger partial charge on any atom is -0.457 e. The van der Waals surface area contributed by atoms with E-state index in [9.17, 15) is 0 Å². The van der Waals surface area contributed by atoms with Crippen LogP contribution < -0.4 is 14.5 Å². The maximum Gasteiger partial charge on any atom is 0.158 e. The number of benzene rings is 3. The molecule has 5 heterocycles. The number of para-hydroxylation sites is 1. The fraction of sp³-hybridized carbons (Fsp3) is 0.250. The fourth-order valence-electron chi connectivity index (χ4n) is 7.05. The largest absolute Gasteiger partial charge is 0.457 e. The molecule has 0 atom stereocenters. The van der Waals surface area contributed by atoms with Crippen LogP contribution in [-0.4, -0.2) is 26.2 Å². The Balaban J connectivity index is 1.15. The number of anilines is 4. The maximum atomic E-state index is 6.63. The predicted octanol–water partition coefficient (Wildman–Crippen LogP) is 11.6. The van der Waals surface area contributed by atoms with E-state index < -0.39 is 0 Å². The van der Waals surface area contributed by atoms with Gasteiger partial charge in [0.25, 0.3) is 0 Å². The molecular formula is C44H44N6O. The van der Waals surface area contributed by atoms with E-state index in [1.54, 1.807) is 0 Å². The fourth-order valence-corrected chi connectivity index (χ4v) is 7.05. The van der Waals surface area contributed by atoms with Gasteiger partial charge in [-0.25, -0.2) is 15.0 Å². The molecule has 0 unspecified atom stereocenters. The smallest absolute Gasteiger partial charge is 0.158 e. The van der Waals surface area contributed by atoms with Gasteiger partial charge >= 0.3 is 0 Å². The molecule has 1 aliphatic heterocycles. The first-order valence-corrected chi connectivity index (χ1v) is 17.8. The molecule has 0 bridgehead atoms. The Morgan fingerprint density at radius 2 is 1.45 bits per heavy atom. The lowest BCUT2D eigenvalue weighted by Crippen LogP contribution is -2.26. The lowest BCUT2D eigenvalue weighted by atomic mass is 9.88. The molecule has 0 spiro atoms. The van der Waals surface area contributed by atoms with E-state index >= 15 is 0 Å². The van der Waals surface area contributed by atoms with Gasteiger partial charge in [0, 0.05) is 47.2 Å². The molecule has 0 amide bonds. The van der Waals surface area contributed by atoms with Crippen LogP contribution in [0.5, 0.6) is 11.5 Å². The normalized spacial score (nSPS) is 13.2. The molecule has 7 aromatic rings. The number of rotatable bonds is 7. The number of ether oxygens (including phenoxy) is 1. The second kappa shape index (κ2) is 12.6. The van der Waals surface area contributed by atoms with E-state index in [1.165, 1.54) is 22.1 Å². The quantitative estimate of drug-likeness (QED) is 0.168. The van der Waals surface area contributed by atoms with Gasteiger partial charge in [0.1, 0.15) is 29.8 Å². The molecule has 0 N–H and O–H groups in total. The van der Waals surface area contributed by atoms with E-state index in [0.29, 0.717) is 18.5 Å². The summed E-state index contributed by atoms with van der Waals surface area (Å²) in [5, 5.41) is 2.34. The zero-order valence-corrected chi connectivity index (χ0v) is 30.4. The third kappa shape index (κ3) is 5.86. The van der Waals surface area contributed by atoms with E-state index in [0.717, 1.165) is 56.7 Å². The molecule has 7 nitrogen and oxygen atoms in total. The minimum absolute atomic E-state index is 0.00373. The van der Waals surface area contributed by atoms with Gasteiger partial charge in [0.2, 0.25) is 0 Å². The van der Waals surface area contributed by atoms with Gasteiger partial charge < -0.3 is 14.5 Å². The van der Waals surface area contributed by atoms with Crippen LogP contribution in [0.4, 0.5) is 23.0 Å². The summed E-state index contributed by atoms with van der Waals surface area (Å²) in [5.41, 5.74) is 7.94. The van der Waals surface area contributed by atoms with Crippen molar-refractivity contribution in [1.29, 1.82) is 0 Å². The van der Waals surface area contributed by atoms with Gasteiger partial charge in [-0.1, -0.05) is 78.8 Å². The number of fused-ring (bicyclic) bond motifs is 4. The number of aromatic nitrogens is 4. The summed E-state index contributed by atoms with van der Waals surface area (Å²) in [6.07, 6.45) is 5.79. The first-order chi connectivity index (χ1) is 24.6. The van der Waals surface area contributed by atoms with Gasteiger partial charge in [0.15, 0.2) is 5.82 Å². The van der Waals surface area contributed by atoms with Crippen LogP contribution in [0.2, 0.25) is 0 Å². The van der Waals surface area contributed by atoms with Crippen molar-refractivity contribution in [1.82, 2.24) is 19.5 Å². The van der Waals surface area contributed by atoms with Crippen LogP contribution in [-0.2, 0) is 5.41 Å². The first-order valence-electron chi connectivity index (χ1n) is 17.8. The third-order valence-electron chi connectivity index (χ3n) is 9.91. The predicted molar refractivity (Wildman–Crippen MR) is 210 cm³/mol. The molecule has 0 aliphatic carbocycles. The Labute approximate surface area is 300 Å². The average molecular weight is 673 g/mol. The summed E-state index contributed by atoms with van der Waals surface area (Å²) >= 11 is 0. The average Bonchev–Trinajstić information content (AvgIpc) is 3.67. The van der Waals surface area contributed by atoms with Crippen molar-refractivity contribution in [3.8, 4) is 17.3 Å². The molecule has 0 saturated carbocycles. The standard InChI is InChI=1S/C44H44N6O/c1-28(2)30-22-37(29(3)4)42(47-26-30)49-27-48(43-39(49)16-11-20-46-43)32-12-10-13-33(24-32)51-34-17-18-36-35-14-8-9-15-38(35)50(40(36)25-34)41-23-31(19-21-45-41)44(5,6)7/h8-26,28-29H,27H2,1-7H3. The summed E-state index contributed by atoms with van der Waals surface area (Å²) in [7, 11) is 0. The molecule has 3 aromatic carbocycles. The molecule has 7 heteroatoms. The van der Waals surface area contributed by atoms with Gasteiger partial charge in [-0.2, -0.15) is 0 Å². The van der Waals surface area contributed by atoms with E-state index in [4.69, 9.17) is 19.7 Å². The van der Waals surface area contributed by atoms with Crippen LogP contribution in [0.3, 0.4) is 0 Å². The van der Waals surface area contributed by atoms with Crippen LogP contribution in [0.15, 0.2) is 116 Å². The molecular weight excluding hydrogens is 629 g/mol. The lowest BCUT2D eigenvalue weighted by molar-refractivity contribution is 0.483. The van der Waals surface area contributed by atoms with Crippen molar-refractivity contribution in [2.75, 3.05) is 16.5 Å². The SMILES string of the molecule is CC(C)c1cnc(N2CN(c3cccc(Oc4ccc5c6ccccc6n(-c6cc(C(C)(C)C)ccn6)c5c4)c3)c3ncccc32)c(C(C)C)c1. The van der Waals surface area contributed by atoms with Gasteiger partial charge in [-0.15, -0.1) is 0 Å². The molecule has 0 saturated heterocycles. The number of hydrogen-bond donors (Lipinski definition) is 0. The summed E-state index contributed by atoms with van der Waals surface area (Å²) in [4.78, 5) is 19.2. The maximum absolute atomic E-state index is 6.63. The highest BCUT2D eigenvalue weighted by molar-refractivity contribution is 6.09. The Morgan fingerprint density at radius 3 is 2.25 bits per heavy atom. The Morgan fingerprint density at radius 1 is 0.647 bits per heavy atom. The summed E-state index contributed by atoms with van der Waals surface area (Å²) in [6, 6.07) is 33.9. The van der Waals surface area contributed by atoms with Gasteiger partial charge in [-0.3, -0.25) is 4.57 Å². The third-order valence-corrected chi connectivity index (χ3v) is 9.91. The Kier molecular flexibility index (Phi) is 8.01. The zero-order valence-electron chi connectivity index (χ0n) is 30.4. The molecule has 8 rings (SSSR count). The second-order valence-electron chi connectivity index (χ2n) is 15.1. The zero-order chi connectivity index (χ0) is 35.4. The van der Waals surface area contributed by atoms with E-state index in [1.807, 2.05) is 36.8 Å². The molecule has 51 heavy (non-hydrogen) atoms. The van der Waals surface area contributed by atoms with E-state index in [2.05, 4.69) is 142 Å². The van der Waals surface area contributed by atoms with Crippen LogP contribution >= 0.6 is 0 Å². The number of nitrogens with zero attached hydrogens (tertiary/aromatic N) is 6. The highest BCUT2D eigenvalue weighted by atomic mass is 16.5. The van der Waals surface area contributed by atoms with Gasteiger partial charge in [0.05, 0.1) is 16.7 Å². The molecule has 0 fully saturated rings. The highest BCUT2D eigenvalue weighted by Gasteiger charge is 2.32. The number of pyridine rings is 3. The highest BCUT2D eigenvalue weighted by Crippen LogP contribution is 2.45. The lowest BCUT2D eigenvalue weighted by Gasteiger charge is -2.25. The van der Waals surface area contributed by atoms with Crippen LogP contribution in [0.25, 0.3) is 27.6 Å². The van der Waals surface area contributed by atoms with Crippen molar-refractivity contribution in [2.24, 2.45) is 0 Å². The molecule has 1 aliphatic rings. The van der Waals surface area contributed by atoms with Crippen molar-refractivity contribution in [3.63, 3.8) is 0 Å². The van der Waals surface area contributed by atoms with Gasteiger partial charge in [-0.05, 0) is 88.5 Å². The van der Waals surface area contributed by atoms with E-state index in [-0.39, 0.29) is 5.41 Å². The summed E-state index contributed by atoms with van der Waals surface area (Å²) < 4.78 is 8.88. The molecule has 256 valence electrons. The van der Waals surface area contributed by atoms with Crippen LogP contribution in [0, 0.1) is 0 Å². The topological polar surface area (TPSA) is 59.3 Å². The minimum atomic E-state index is 0.00373. The number of hydrogen-bond acceptors (Lipinski definition) is 6. The monoisotopic (exact) mass is 672 g/mol. The Bertz CT molecular complexity index is 2400. The second-order valence-corrected chi connectivity index (χ2v) is 15.1. The van der Waals surface area contributed by atoms with Crippen molar-refractivity contribution >= 4 is 44.8 Å². The van der Waals surface area contributed by atoms with Crippen LogP contribution in [0.1, 0.15) is 77.0 Å². The molecule has 0 radical (unpaired) electrons. The molecule has 4 aromatic heterocycles. The van der Waals surface area contributed by atoms with Crippen molar-refractivity contribution < 1.29 is 4.74 Å². The van der Waals surface area contributed by atoms with Crippen molar-refractivity contribution in [3.05, 3.63) is 132 Å². The summed E-state index contributed by atoms with van der Waals surface area (Å²) in [6.45, 7) is 16.2. The van der Waals surface area contributed by atoms with Crippen molar-refractivity contribution in [2.45, 2.75) is 65.7 Å². The Hall–Kier alpha value is -5.69. The first kappa shape index (κ1) is 32.5. The summed E-state index contributed by atoms with van der Waals surface area (Å²) in [5.74, 6) is 5.02.